The number of aromatic nitrogens is 1. The topological polar surface area (TPSA) is 12.9 Å². The number of nitrogens with zero attached hydrogens (tertiary/aromatic N) is 1. The van der Waals surface area contributed by atoms with Gasteiger partial charge in [0.25, 0.3) is 0 Å². The molecule has 0 aliphatic carbocycles. The first-order valence-electron chi connectivity index (χ1n) is 3.35. The molecule has 13 heavy (non-hydrogen) atoms. The Morgan fingerprint density at radius 2 is 1.92 bits per heavy atom. The third kappa shape index (κ3) is 3.68. The first-order chi connectivity index (χ1) is 5.97. The quantitative estimate of drug-likeness (QED) is 0.622. The molecule has 0 amide bonds. The molecule has 1 nitrogen and oxygen atoms in total. The average Bonchev–Trinajstić information content (AvgIpc) is 2.02. The highest BCUT2D eigenvalue weighted by atomic mass is 19.4. The van der Waals surface area contributed by atoms with Crippen LogP contribution in [-0.4, -0.2) is 11.2 Å². The summed E-state index contributed by atoms with van der Waals surface area (Å²) in [5, 5.41) is 0. The van der Waals surface area contributed by atoms with Crippen LogP contribution in [0.1, 0.15) is 5.69 Å². The van der Waals surface area contributed by atoms with Gasteiger partial charge in [-0.3, -0.25) is 4.98 Å². The van der Waals surface area contributed by atoms with Gasteiger partial charge >= 0.3 is 6.18 Å². The van der Waals surface area contributed by atoms with Crippen molar-refractivity contribution in [3.05, 3.63) is 35.9 Å². The molecule has 0 saturated heterocycles. The van der Waals surface area contributed by atoms with E-state index in [0.717, 1.165) is 24.4 Å². The Morgan fingerprint density at radius 3 is 2.38 bits per heavy atom. The second-order valence-electron chi connectivity index (χ2n) is 2.28. The molecule has 0 radical (unpaired) electrons. The highest BCUT2D eigenvalue weighted by Crippen LogP contribution is 2.17. The molecule has 0 aromatic carbocycles. The van der Waals surface area contributed by atoms with Crippen LogP contribution in [0, 0.1) is 5.82 Å². The number of halogens is 4. The van der Waals surface area contributed by atoms with Crippen LogP contribution in [0.25, 0.3) is 6.08 Å². The molecule has 70 valence electrons. The van der Waals surface area contributed by atoms with E-state index >= 15 is 0 Å². The van der Waals surface area contributed by atoms with Gasteiger partial charge in [0.05, 0.1) is 11.9 Å². The molecule has 0 saturated carbocycles. The maximum Gasteiger partial charge on any atom is 0.409 e. The summed E-state index contributed by atoms with van der Waals surface area (Å²) in [6.07, 6.45) is -2.68. The lowest BCUT2D eigenvalue weighted by molar-refractivity contribution is -0.0790. The highest BCUT2D eigenvalue weighted by molar-refractivity contribution is 5.44. The van der Waals surface area contributed by atoms with Crippen LogP contribution in [0.2, 0.25) is 0 Å². The molecular formula is C8H5F4N. The van der Waals surface area contributed by atoms with Crippen LogP contribution < -0.4 is 0 Å². The zero-order valence-electron chi connectivity index (χ0n) is 6.35. The predicted octanol–water partition coefficient (Wildman–Crippen LogP) is 2.80. The van der Waals surface area contributed by atoms with Gasteiger partial charge in [-0.25, -0.2) is 4.39 Å². The molecule has 0 fully saturated rings. The van der Waals surface area contributed by atoms with E-state index in [0.29, 0.717) is 0 Å². The third-order valence-electron chi connectivity index (χ3n) is 1.19. The lowest BCUT2D eigenvalue weighted by atomic mass is 10.3. The molecule has 1 heterocycles. The molecule has 5 heteroatoms. The molecule has 0 spiro atoms. The summed E-state index contributed by atoms with van der Waals surface area (Å²) in [7, 11) is 0. The van der Waals surface area contributed by atoms with E-state index in [-0.39, 0.29) is 11.8 Å². The monoisotopic (exact) mass is 191 g/mol. The lowest BCUT2D eigenvalue weighted by Gasteiger charge is -1.96. The lowest BCUT2D eigenvalue weighted by Crippen LogP contribution is -2.00. The van der Waals surface area contributed by atoms with Gasteiger partial charge in [0, 0.05) is 6.08 Å². The standard InChI is InChI=1S/C8H5F4N/c9-6-1-2-7(13-5-6)3-4-8(10,11)12/h1-5H. The third-order valence-corrected chi connectivity index (χ3v) is 1.19. The molecule has 0 N–H and O–H groups in total. The van der Waals surface area contributed by atoms with E-state index in [1.54, 1.807) is 0 Å². The summed E-state index contributed by atoms with van der Waals surface area (Å²) < 4.78 is 47.1. The minimum Gasteiger partial charge on any atom is -0.254 e. The van der Waals surface area contributed by atoms with Gasteiger partial charge in [-0.2, -0.15) is 13.2 Å². The molecular weight excluding hydrogens is 186 g/mol. The molecule has 1 aromatic heterocycles. The van der Waals surface area contributed by atoms with Crippen LogP contribution in [-0.2, 0) is 0 Å². The minimum atomic E-state index is -4.37. The summed E-state index contributed by atoms with van der Waals surface area (Å²) in [6, 6.07) is 2.21. The molecule has 1 aromatic rings. The molecule has 0 aliphatic heterocycles. The van der Waals surface area contributed by atoms with Gasteiger partial charge in [-0.05, 0) is 18.2 Å². The number of hydrogen-bond donors (Lipinski definition) is 0. The fraction of sp³-hybridized carbons (Fsp3) is 0.125. The SMILES string of the molecule is Fc1ccc(C=CC(F)(F)F)nc1. The van der Waals surface area contributed by atoms with Crippen molar-refractivity contribution in [3.8, 4) is 0 Å². The van der Waals surface area contributed by atoms with E-state index in [1.165, 1.54) is 0 Å². The maximum absolute atomic E-state index is 12.3. The molecule has 0 aliphatic rings. The van der Waals surface area contributed by atoms with Crippen molar-refractivity contribution in [2.24, 2.45) is 0 Å². The van der Waals surface area contributed by atoms with Crippen molar-refractivity contribution in [1.82, 2.24) is 4.98 Å². The van der Waals surface area contributed by atoms with E-state index in [4.69, 9.17) is 0 Å². The average molecular weight is 191 g/mol. The van der Waals surface area contributed by atoms with Crippen molar-refractivity contribution < 1.29 is 17.6 Å². The number of allylic oxidation sites excluding steroid dienone is 1. The van der Waals surface area contributed by atoms with Gasteiger partial charge in [-0.1, -0.05) is 0 Å². The Hall–Kier alpha value is -1.39. The Balaban J connectivity index is 2.75. The highest BCUT2D eigenvalue weighted by Gasteiger charge is 2.21. The van der Waals surface area contributed by atoms with Gasteiger partial charge in [0.2, 0.25) is 0 Å². The van der Waals surface area contributed by atoms with E-state index < -0.39 is 12.0 Å². The van der Waals surface area contributed by atoms with E-state index in [1.807, 2.05) is 0 Å². The van der Waals surface area contributed by atoms with Crippen LogP contribution in [0.4, 0.5) is 17.6 Å². The zero-order chi connectivity index (χ0) is 9.90. The van der Waals surface area contributed by atoms with Gasteiger partial charge in [0.1, 0.15) is 5.82 Å². The Bertz CT molecular complexity index is 299. The molecule has 0 atom stereocenters. The van der Waals surface area contributed by atoms with Gasteiger partial charge < -0.3 is 0 Å². The number of rotatable bonds is 1. The van der Waals surface area contributed by atoms with Crippen molar-refractivity contribution in [3.63, 3.8) is 0 Å². The fourth-order valence-corrected chi connectivity index (χ4v) is 0.666. The largest absolute Gasteiger partial charge is 0.409 e. The molecule has 0 bridgehead atoms. The fourth-order valence-electron chi connectivity index (χ4n) is 0.666. The van der Waals surface area contributed by atoms with Crippen molar-refractivity contribution in [2.75, 3.05) is 0 Å². The Morgan fingerprint density at radius 1 is 1.23 bits per heavy atom. The van der Waals surface area contributed by atoms with E-state index in [2.05, 4.69) is 4.98 Å². The van der Waals surface area contributed by atoms with Crippen LogP contribution in [0.15, 0.2) is 24.4 Å². The van der Waals surface area contributed by atoms with Crippen LogP contribution >= 0.6 is 0 Å². The van der Waals surface area contributed by atoms with Crippen LogP contribution in [0.3, 0.4) is 0 Å². The van der Waals surface area contributed by atoms with Crippen molar-refractivity contribution in [1.29, 1.82) is 0 Å². The number of pyridine rings is 1. The summed E-state index contributed by atoms with van der Waals surface area (Å²) in [5.41, 5.74) is 0.0683. The van der Waals surface area contributed by atoms with Crippen molar-refractivity contribution >= 4 is 6.08 Å². The predicted molar refractivity (Wildman–Crippen MR) is 39.3 cm³/mol. The molecule has 1 rings (SSSR count). The number of alkyl halides is 3. The summed E-state index contributed by atoms with van der Waals surface area (Å²) >= 11 is 0. The van der Waals surface area contributed by atoms with Crippen LogP contribution in [0.5, 0.6) is 0 Å². The van der Waals surface area contributed by atoms with Gasteiger partial charge in [0.15, 0.2) is 0 Å². The zero-order valence-corrected chi connectivity index (χ0v) is 6.35. The first kappa shape index (κ1) is 9.70. The second-order valence-corrected chi connectivity index (χ2v) is 2.28. The minimum absolute atomic E-state index is 0.0488. The summed E-state index contributed by atoms with van der Waals surface area (Å²) in [5.74, 6) is -0.579. The summed E-state index contributed by atoms with van der Waals surface area (Å²) in [6.45, 7) is 0. The molecule has 0 unspecified atom stereocenters. The smallest absolute Gasteiger partial charge is 0.254 e. The van der Waals surface area contributed by atoms with Crippen molar-refractivity contribution in [2.45, 2.75) is 6.18 Å². The normalized spacial score (nSPS) is 12.3. The van der Waals surface area contributed by atoms with E-state index in [9.17, 15) is 17.6 Å². The maximum atomic E-state index is 12.3. The van der Waals surface area contributed by atoms with Gasteiger partial charge in [-0.15, -0.1) is 0 Å². The number of hydrogen-bond acceptors (Lipinski definition) is 1. The first-order valence-corrected chi connectivity index (χ1v) is 3.35. The Labute approximate surface area is 71.7 Å². The summed E-state index contributed by atoms with van der Waals surface area (Å²) in [4.78, 5) is 3.42. The Kier molecular flexibility index (Phi) is 2.65. The second kappa shape index (κ2) is 3.55.